The van der Waals surface area contributed by atoms with Gasteiger partial charge in [-0.3, -0.25) is 4.79 Å². The molecule has 2 N–H and O–H groups in total. The Balaban J connectivity index is 1.55. The van der Waals surface area contributed by atoms with Crippen LogP contribution in [0.5, 0.6) is 5.75 Å². The number of hydrogen-bond donors (Lipinski definition) is 2. The largest absolute Gasteiger partial charge is 0.490 e. The number of aromatic amines is 1. The van der Waals surface area contributed by atoms with E-state index in [1.165, 1.54) is 31.4 Å². The van der Waals surface area contributed by atoms with E-state index in [2.05, 4.69) is 31.8 Å². The van der Waals surface area contributed by atoms with Gasteiger partial charge in [0, 0.05) is 34.6 Å². The lowest BCUT2D eigenvalue weighted by Gasteiger charge is -2.13. The van der Waals surface area contributed by atoms with Crippen molar-refractivity contribution < 1.29 is 22.7 Å². The zero-order valence-corrected chi connectivity index (χ0v) is 19.1. The SMILES string of the molecule is C=CC(=O)Nc1cc(-c2cnc3[nH]cc(-c4ncncc4OCCC4CC4)c3c2)cc(C(F)(F)F)c1. The third kappa shape index (κ3) is 5.07. The number of halogens is 3. The first kappa shape index (κ1) is 23.5. The number of fused-ring (bicyclic) bond motifs is 1. The van der Waals surface area contributed by atoms with Crippen molar-refractivity contribution in [2.45, 2.75) is 25.4 Å². The second-order valence-electron chi connectivity index (χ2n) is 8.63. The number of rotatable bonds is 8. The van der Waals surface area contributed by atoms with E-state index >= 15 is 0 Å². The zero-order valence-electron chi connectivity index (χ0n) is 19.1. The highest BCUT2D eigenvalue weighted by atomic mass is 19.4. The minimum Gasteiger partial charge on any atom is -0.490 e. The first-order valence-corrected chi connectivity index (χ1v) is 11.4. The summed E-state index contributed by atoms with van der Waals surface area (Å²) in [5.74, 6) is 0.629. The van der Waals surface area contributed by atoms with E-state index in [0.29, 0.717) is 46.1 Å². The molecular weight excluding hydrogens is 471 g/mol. The molecule has 3 aromatic heterocycles. The Hall–Kier alpha value is -4.21. The Morgan fingerprint density at radius 3 is 2.75 bits per heavy atom. The van der Waals surface area contributed by atoms with Crippen LogP contribution < -0.4 is 10.1 Å². The lowest BCUT2D eigenvalue weighted by atomic mass is 10.0. The van der Waals surface area contributed by atoms with Gasteiger partial charge in [0.2, 0.25) is 5.91 Å². The highest BCUT2D eigenvalue weighted by Gasteiger charge is 2.31. The molecule has 1 fully saturated rings. The molecule has 4 aromatic rings. The van der Waals surface area contributed by atoms with Gasteiger partial charge in [-0.25, -0.2) is 15.0 Å². The predicted octanol–water partition coefficient (Wildman–Crippen LogP) is 6.01. The van der Waals surface area contributed by atoms with Crippen molar-refractivity contribution in [2.75, 3.05) is 11.9 Å². The lowest BCUT2D eigenvalue weighted by molar-refractivity contribution is -0.137. The fraction of sp³-hybridized carbons (Fsp3) is 0.231. The second kappa shape index (κ2) is 9.44. The van der Waals surface area contributed by atoms with Crippen LogP contribution in [-0.2, 0) is 11.0 Å². The van der Waals surface area contributed by atoms with Gasteiger partial charge >= 0.3 is 6.18 Å². The number of alkyl halides is 3. The summed E-state index contributed by atoms with van der Waals surface area (Å²) < 4.78 is 46.7. The minimum atomic E-state index is -4.60. The summed E-state index contributed by atoms with van der Waals surface area (Å²) in [7, 11) is 0. The van der Waals surface area contributed by atoms with Gasteiger partial charge in [-0.1, -0.05) is 19.4 Å². The quantitative estimate of drug-likeness (QED) is 0.293. The van der Waals surface area contributed by atoms with Crippen LogP contribution in [0.2, 0.25) is 0 Å². The molecule has 0 atom stereocenters. The molecular formula is C26H22F3N5O2. The van der Waals surface area contributed by atoms with Gasteiger partial charge < -0.3 is 15.0 Å². The van der Waals surface area contributed by atoms with Gasteiger partial charge in [-0.05, 0) is 48.2 Å². The number of anilines is 1. The monoisotopic (exact) mass is 493 g/mol. The van der Waals surface area contributed by atoms with Crippen LogP contribution in [0.4, 0.5) is 18.9 Å². The van der Waals surface area contributed by atoms with Crippen LogP contribution in [0, 0.1) is 5.92 Å². The van der Waals surface area contributed by atoms with E-state index in [1.807, 2.05) is 0 Å². The molecule has 10 heteroatoms. The predicted molar refractivity (Wildman–Crippen MR) is 129 cm³/mol. The van der Waals surface area contributed by atoms with E-state index < -0.39 is 17.6 Å². The number of pyridine rings is 1. The maximum absolute atomic E-state index is 13.6. The van der Waals surface area contributed by atoms with Crippen LogP contribution in [0.15, 0.2) is 61.8 Å². The summed E-state index contributed by atoms with van der Waals surface area (Å²) in [6.07, 6.45) is 6.05. The zero-order chi connectivity index (χ0) is 25.3. The summed E-state index contributed by atoms with van der Waals surface area (Å²) in [6, 6.07) is 5.10. The van der Waals surface area contributed by atoms with Gasteiger partial charge in [-0.15, -0.1) is 0 Å². The van der Waals surface area contributed by atoms with Gasteiger partial charge in [0.1, 0.15) is 17.7 Å². The molecule has 0 unspecified atom stereocenters. The Morgan fingerprint density at radius 2 is 2.00 bits per heavy atom. The van der Waals surface area contributed by atoms with E-state index in [4.69, 9.17) is 4.74 Å². The number of ether oxygens (including phenoxy) is 1. The molecule has 184 valence electrons. The van der Waals surface area contributed by atoms with Crippen LogP contribution in [0.25, 0.3) is 33.4 Å². The fourth-order valence-corrected chi connectivity index (χ4v) is 3.95. The standard InChI is InChI=1S/C26H22F3N5O2/c1-2-23(35)34-19-8-16(7-18(10-19)26(27,28)29)17-9-20-21(12-32-25(20)31-11-17)24-22(13-30-14-33-24)36-6-5-15-3-4-15/h2,7-15H,1,3-6H2,(H,31,32)(H,34,35). The number of hydrogen-bond acceptors (Lipinski definition) is 5. The van der Waals surface area contributed by atoms with E-state index in [9.17, 15) is 18.0 Å². The number of carbonyl (C=O) groups excluding carboxylic acids is 1. The number of H-pyrrole nitrogens is 1. The van der Waals surface area contributed by atoms with Crippen molar-refractivity contribution >= 4 is 22.6 Å². The van der Waals surface area contributed by atoms with Crippen LogP contribution >= 0.6 is 0 Å². The Labute approximate surface area is 204 Å². The van der Waals surface area contributed by atoms with E-state index in [1.54, 1.807) is 18.5 Å². The number of nitrogens with zero attached hydrogens (tertiary/aromatic N) is 3. The lowest BCUT2D eigenvalue weighted by Crippen LogP contribution is -2.10. The molecule has 7 nitrogen and oxygen atoms in total. The number of aromatic nitrogens is 4. The molecule has 0 saturated heterocycles. The molecule has 1 amide bonds. The third-order valence-electron chi connectivity index (χ3n) is 5.99. The summed E-state index contributed by atoms with van der Waals surface area (Å²) in [5, 5.41) is 3.07. The first-order valence-electron chi connectivity index (χ1n) is 11.4. The molecule has 36 heavy (non-hydrogen) atoms. The van der Waals surface area contributed by atoms with E-state index in [0.717, 1.165) is 24.6 Å². The first-order chi connectivity index (χ1) is 17.3. The Morgan fingerprint density at radius 1 is 1.17 bits per heavy atom. The maximum Gasteiger partial charge on any atom is 0.416 e. The Bertz CT molecular complexity index is 1440. The van der Waals surface area contributed by atoms with Gasteiger partial charge in [0.25, 0.3) is 0 Å². The fourth-order valence-electron chi connectivity index (χ4n) is 3.95. The highest BCUT2D eigenvalue weighted by molar-refractivity contribution is 6.00. The van der Waals surface area contributed by atoms with Gasteiger partial charge in [0.15, 0.2) is 5.75 Å². The van der Waals surface area contributed by atoms with Crippen LogP contribution in [-0.4, -0.2) is 32.4 Å². The van der Waals surface area contributed by atoms with Crippen LogP contribution in [0.3, 0.4) is 0 Å². The highest BCUT2D eigenvalue weighted by Crippen LogP contribution is 2.38. The molecule has 0 aliphatic heterocycles. The number of benzene rings is 1. The molecule has 1 aromatic carbocycles. The average Bonchev–Trinajstić information content (AvgIpc) is 3.60. The third-order valence-corrected chi connectivity index (χ3v) is 5.99. The van der Waals surface area contributed by atoms with Crippen molar-refractivity contribution in [1.29, 1.82) is 0 Å². The van der Waals surface area contributed by atoms with Crippen molar-refractivity contribution in [1.82, 2.24) is 19.9 Å². The Kier molecular flexibility index (Phi) is 6.17. The average molecular weight is 493 g/mol. The molecule has 1 aliphatic rings. The topological polar surface area (TPSA) is 92.8 Å². The molecule has 5 rings (SSSR count). The summed E-state index contributed by atoms with van der Waals surface area (Å²) in [6.45, 7) is 3.90. The molecule has 1 aliphatic carbocycles. The summed E-state index contributed by atoms with van der Waals surface area (Å²) in [4.78, 5) is 27.7. The van der Waals surface area contributed by atoms with Crippen LogP contribution in [0.1, 0.15) is 24.8 Å². The smallest absolute Gasteiger partial charge is 0.416 e. The number of amides is 1. The normalized spacial score (nSPS) is 13.5. The van der Waals surface area contributed by atoms with Gasteiger partial charge in [-0.2, -0.15) is 13.2 Å². The molecule has 0 bridgehead atoms. The van der Waals surface area contributed by atoms with Gasteiger partial charge in [0.05, 0.1) is 18.4 Å². The molecule has 0 radical (unpaired) electrons. The van der Waals surface area contributed by atoms with E-state index in [-0.39, 0.29) is 11.3 Å². The van der Waals surface area contributed by atoms with Crippen molar-refractivity contribution in [3.8, 4) is 28.1 Å². The van der Waals surface area contributed by atoms with Crippen molar-refractivity contribution in [3.05, 3.63) is 67.4 Å². The maximum atomic E-state index is 13.6. The minimum absolute atomic E-state index is 0.00117. The van der Waals surface area contributed by atoms with Crippen molar-refractivity contribution in [3.63, 3.8) is 0 Å². The number of carbonyl (C=O) groups is 1. The molecule has 3 heterocycles. The molecule has 1 saturated carbocycles. The summed E-state index contributed by atoms with van der Waals surface area (Å²) in [5.41, 5.74) is 1.59. The van der Waals surface area contributed by atoms with Crippen molar-refractivity contribution in [2.24, 2.45) is 5.92 Å². The molecule has 0 spiro atoms. The number of nitrogens with one attached hydrogen (secondary N) is 2. The summed E-state index contributed by atoms with van der Waals surface area (Å²) >= 11 is 0. The second-order valence-corrected chi connectivity index (χ2v) is 8.63.